The zero-order valence-corrected chi connectivity index (χ0v) is 19.1. The van der Waals surface area contributed by atoms with Crippen molar-refractivity contribution >= 4 is 32.4 Å². The lowest BCUT2D eigenvalue weighted by molar-refractivity contribution is 0.471. The first-order chi connectivity index (χ1) is 15.6. The Kier molecular flexibility index (Phi) is 4.80. The first-order valence-electron chi connectivity index (χ1n) is 11.4. The van der Waals surface area contributed by atoms with Crippen molar-refractivity contribution in [2.75, 3.05) is 35.6 Å². The Morgan fingerprint density at radius 2 is 2.00 bits per heavy atom. The zero-order valence-electron chi connectivity index (χ0n) is 18.3. The molecule has 3 heterocycles. The van der Waals surface area contributed by atoms with Gasteiger partial charge in [0.15, 0.2) is 0 Å². The summed E-state index contributed by atoms with van der Waals surface area (Å²) in [6, 6.07) is 15.0. The second-order valence-corrected chi connectivity index (χ2v) is 11.4. The van der Waals surface area contributed by atoms with Gasteiger partial charge in [0.2, 0.25) is 5.95 Å². The Labute approximate surface area is 188 Å². The van der Waals surface area contributed by atoms with E-state index in [1.807, 2.05) is 18.2 Å². The quantitative estimate of drug-likeness (QED) is 0.637. The summed E-state index contributed by atoms with van der Waals surface area (Å²) in [7, 11) is -2.43. The van der Waals surface area contributed by atoms with Gasteiger partial charge in [-0.3, -0.25) is 0 Å². The van der Waals surface area contributed by atoms with Crippen LogP contribution in [-0.4, -0.2) is 51.6 Å². The molecule has 1 saturated carbocycles. The van der Waals surface area contributed by atoms with Crippen molar-refractivity contribution in [3.05, 3.63) is 53.6 Å². The van der Waals surface area contributed by atoms with Crippen molar-refractivity contribution in [1.82, 2.24) is 15.3 Å². The van der Waals surface area contributed by atoms with Gasteiger partial charge in [0.1, 0.15) is 5.82 Å². The molecule has 2 fully saturated rings. The second-order valence-electron chi connectivity index (χ2n) is 9.10. The second kappa shape index (κ2) is 7.71. The van der Waals surface area contributed by atoms with Crippen LogP contribution in [0.4, 0.5) is 11.8 Å². The number of nitrogens with zero attached hydrogens (tertiary/aromatic N) is 4. The third-order valence-corrected chi connectivity index (χ3v) is 8.89. The molecule has 2 aromatic carbocycles. The largest absolute Gasteiger partial charge is 0.364 e. The van der Waals surface area contributed by atoms with E-state index in [1.54, 1.807) is 0 Å². The Balaban J connectivity index is 1.42. The number of aryl methyl sites for hydroxylation is 1. The van der Waals surface area contributed by atoms with Crippen molar-refractivity contribution in [2.45, 2.75) is 43.3 Å². The molecule has 7 nitrogen and oxygen atoms in total. The summed E-state index contributed by atoms with van der Waals surface area (Å²) in [6.07, 6.45) is 2.11. The number of hydrogen-bond acceptors (Lipinski definition) is 7. The lowest BCUT2D eigenvalue weighted by atomic mass is 10.1. The Morgan fingerprint density at radius 1 is 1.16 bits per heavy atom. The van der Waals surface area contributed by atoms with Crippen molar-refractivity contribution in [3.8, 4) is 0 Å². The Morgan fingerprint density at radius 3 is 2.78 bits per heavy atom. The fourth-order valence-corrected chi connectivity index (χ4v) is 6.77. The molecule has 8 heteroatoms. The molecule has 2 N–H and O–H groups in total. The SMILES string of the molecule is Cc1ccc2nc(N3CCS(=O)(=NC4CC4)c4ccccc4C3)nc(NC3CNC3)c2c1. The first-order valence-corrected chi connectivity index (χ1v) is 13.1. The van der Waals surface area contributed by atoms with Crippen LogP contribution in [0.1, 0.15) is 24.0 Å². The van der Waals surface area contributed by atoms with Crippen molar-refractivity contribution in [2.24, 2.45) is 4.36 Å². The van der Waals surface area contributed by atoms with Crippen molar-refractivity contribution in [1.29, 1.82) is 0 Å². The highest BCUT2D eigenvalue weighted by Gasteiger charge is 2.30. The average Bonchev–Trinajstić information content (AvgIpc) is 3.58. The van der Waals surface area contributed by atoms with E-state index >= 15 is 0 Å². The van der Waals surface area contributed by atoms with Gasteiger partial charge in [-0.25, -0.2) is 13.6 Å². The van der Waals surface area contributed by atoms with Crippen LogP contribution in [0.3, 0.4) is 0 Å². The highest BCUT2D eigenvalue weighted by molar-refractivity contribution is 7.93. The van der Waals surface area contributed by atoms with E-state index in [0.29, 0.717) is 30.8 Å². The number of anilines is 2. The molecule has 6 rings (SSSR count). The standard InChI is InChI=1S/C24H28N6OS/c1-16-6-9-21-20(12-16)23(26-19-13-25-14-19)28-24(27-21)30-10-11-32(31,29-18-7-8-18)22-5-3-2-4-17(22)15-30/h2-6,9,12,18-19,25H,7-8,10-11,13-15H2,1H3,(H,26,27,28). The highest BCUT2D eigenvalue weighted by Crippen LogP contribution is 2.33. The molecule has 166 valence electrons. The van der Waals surface area contributed by atoms with E-state index in [-0.39, 0.29) is 6.04 Å². The Hall–Kier alpha value is -2.71. The average molecular weight is 449 g/mol. The van der Waals surface area contributed by atoms with Gasteiger partial charge >= 0.3 is 0 Å². The van der Waals surface area contributed by atoms with Gasteiger partial charge in [-0.05, 0) is 43.5 Å². The van der Waals surface area contributed by atoms with Crippen LogP contribution in [0.25, 0.3) is 10.9 Å². The van der Waals surface area contributed by atoms with Gasteiger partial charge in [0, 0.05) is 31.6 Å². The van der Waals surface area contributed by atoms with Crippen LogP contribution in [-0.2, 0) is 16.3 Å². The van der Waals surface area contributed by atoms with Gasteiger partial charge in [0.05, 0.1) is 38.0 Å². The summed E-state index contributed by atoms with van der Waals surface area (Å²) in [5, 5.41) is 7.95. The molecule has 32 heavy (non-hydrogen) atoms. The van der Waals surface area contributed by atoms with Crippen molar-refractivity contribution in [3.63, 3.8) is 0 Å². The molecule has 0 spiro atoms. The maximum atomic E-state index is 13.9. The smallest absolute Gasteiger partial charge is 0.228 e. The topological polar surface area (TPSA) is 82.5 Å². The normalized spacial score (nSPS) is 23.3. The van der Waals surface area contributed by atoms with E-state index < -0.39 is 9.73 Å². The fourth-order valence-electron chi connectivity index (χ4n) is 4.34. The minimum absolute atomic E-state index is 0.258. The van der Waals surface area contributed by atoms with Gasteiger partial charge in [-0.15, -0.1) is 0 Å². The molecule has 1 unspecified atom stereocenters. The minimum atomic E-state index is -2.43. The van der Waals surface area contributed by atoms with Crippen LogP contribution < -0.4 is 15.5 Å². The summed E-state index contributed by atoms with van der Waals surface area (Å²) in [4.78, 5) is 13.0. The van der Waals surface area contributed by atoms with Gasteiger partial charge < -0.3 is 15.5 Å². The lowest BCUT2D eigenvalue weighted by Gasteiger charge is -2.29. The van der Waals surface area contributed by atoms with E-state index in [1.165, 1.54) is 5.56 Å². The fraction of sp³-hybridized carbons (Fsp3) is 0.417. The maximum absolute atomic E-state index is 13.9. The van der Waals surface area contributed by atoms with Crippen molar-refractivity contribution < 1.29 is 4.21 Å². The first kappa shape index (κ1) is 19.9. The number of benzene rings is 2. The monoisotopic (exact) mass is 448 g/mol. The maximum Gasteiger partial charge on any atom is 0.228 e. The van der Waals surface area contributed by atoms with Crippen LogP contribution >= 0.6 is 0 Å². The predicted molar refractivity (Wildman–Crippen MR) is 129 cm³/mol. The number of aromatic nitrogens is 2. The summed E-state index contributed by atoms with van der Waals surface area (Å²) < 4.78 is 18.7. The molecular formula is C24H28N6OS. The van der Waals surface area contributed by atoms with Crippen LogP contribution in [0.5, 0.6) is 0 Å². The highest BCUT2D eigenvalue weighted by atomic mass is 32.2. The van der Waals surface area contributed by atoms with Gasteiger partial charge in [-0.2, -0.15) is 4.98 Å². The molecule has 1 atom stereocenters. The molecule has 3 aromatic rings. The lowest BCUT2D eigenvalue weighted by Crippen LogP contribution is -2.51. The molecule has 2 aliphatic heterocycles. The third-order valence-electron chi connectivity index (χ3n) is 6.43. The molecule has 1 aromatic heterocycles. The molecule has 1 saturated heterocycles. The van der Waals surface area contributed by atoms with E-state index in [0.717, 1.165) is 53.1 Å². The summed E-state index contributed by atoms with van der Waals surface area (Å²) >= 11 is 0. The van der Waals surface area contributed by atoms with Crippen LogP contribution in [0, 0.1) is 6.92 Å². The van der Waals surface area contributed by atoms with E-state index in [9.17, 15) is 4.21 Å². The van der Waals surface area contributed by atoms with Crippen LogP contribution in [0.15, 0.2) is 51.7 Å². The molecule has 3 aliphatic rings. The summed E-state index contributed by atoms with van der Waals surface area (Å²) in [5.41, 5.74) is 3.18. The molecule has 0 bridgehead atoms. The summed E-state index contributed by atoms with van der Waals surface area (Å²) in [6.45, 7) is 5.22. The molecule has 0 radical (unpaired) electrons. The van der Waals surface area contributed by atoms with Crippen LogP contribution in [0.2, 0.25) is 0 Å². The van der Waals surface area contributed by atoms with E-state index in [4.69, 9.17) is 14.3 Å². The van der Waals surface area contributed by atoms with Gasteiger partial charge in [-0.1, -0.05) is 29.8 Å². The number of nitrogens with one attached hydrogen (secondary N) is 2. The molecule has 0 amide bonds. The predicted octanol–water partition coefficient (Wildman–Crippen LogP) is 3.33. The van der Waals surface area contributed by atoms with E-state index in [2.05, 4.69) is 46.7 Å². The summed E-state index contributed by atoms with van der Waals surface area (Å²) in [5.74, 6) is 2.06. The third kappa shape index (κ3) is 3.71. The number of hydrogen-bond donors (Lipinski definition) is 2. The molecular weight excluding hydrogens is 420 g/mol. The molecule has 1 aliphatic carbocycles. The minimum Gasteiger partial charge on any atom is -0.364 e. The number of fused-ring (bicyclic) bond motifs is 2. The number of rotatable bonds is 4. The zero-order chi connectivity index (χ0) is 21.7. The Bertz CT molecular complexity index is 1310. The van der Waals surface area contributed by atoms with Gasteiger partial charge in [0.25, 0.3) is 0 Å².